The Labute approximate surface area is 118 Å². The molecule has 0 aliphatic carbocycles. The predicted molar refractivity (Wildman–Crippen MR) is 77.1 cm³/mol. The van der Waals surface area contributed by atoms with E-state index < -0.39 is 5.60 Å². The molecule has 20 heavy (non-hydrogen) atoms. The predicted octanol–water partition coefficient (Wildman–Crippen LogP) is 3.83. The lowest BCUT2D eigenvalue weighted by Crippen LogP contribution is -2.38. The van der Waals surface area contributed by atoms with Crippen LogP contribution in [-0.4, -0.2) is 0 Å². The third-order valence-electron chi connectivity index (χ3n) is 3.94. The van der Waals surface area contributed by atoms with Gasteiger partial charge < -0.3 is 10.5 Å². The summed E-state index contributed by atoms with van der Waals surface area (Å²) in [6, 6.07) is 12.6. The van der Waals surface area contributed by atoms with Crippen LogP contribution in [0.1, 0.15) is 36.1 Å². The lowest BCUT2D eigenvalue weighted by atomic mass is 9.83. The van der Waals surface area contributed by atoms with E-state index in [2.05, 4.69) is 19.1 Å². The fraction of sp³-hybridized carbons (Fsp3) is 0.294. The second-order valence-electron chi connectivity index (χ2n) is 5.70. The van der Waals surface area contributed by atoms with Crippen LogP contribution in [0.3, 0.4) is 0 Å². The average Bonchev–Trinajstić information content (AvgIpc) is 2.40. The molecule has 1 aliphatic rings. The molecule has 0 saturated carbocycles. The standard InChI is InChI=1S/C17H18FNO/c1-11-4-3-5-12(8-11)17(2)10-15(19)14-9-13(18)6-7-16(14)20-17/h3-9,15H,10,19H2,1-2H3. The van der Waals surface area contributed by atoms with Gasteiger partial charge in [-0.1, -0.05) is 29.8 Å². The molecule has 0 saturated heterocycles. The van der Waals surface area contributed by atoms with Gasteiger partial charge in [0.15, 0.2) is 0 Å². The SMILES string of the molecule is Cc1cccc(C2(C)CC(N)c3cc(F)ccc3O2)c1. The van der Waals surface area contributed by atoms with Crippen LogP contribution in [0.4, 0.5) is 4.39 Å². The first-order valence-electron chi connectivity index (χ1n) is 6.79. The quantitative estimate of drug-likeness (QED) is 0.855. The van der Waals surface area contributed by atoms with Gasteiger partial charge in [0.1, 0.15) is 17.2 Å². The van der Waals surface area contributed by atoms with Crippen molar-refractivity contribution in [3.8, 4) is 5.75 Å². The maximum Gasteiger partial charge on any atom is 0.133 e. The second kappa shape index (κ2) is 4.60. The second-order valence-corrected chi connectivity index (χ2v) is 5.70. The molecule has 0 amide bonds. The number of rotatable bonds is 1. The average molecular weight is 271 g/mol. The van der Waals surface area contributed by atoms with E-state index in [1.165, 1.54) is 17.7 Å². The summed E-state index contributed by atoms with van der Waals surface area (Å²) in [6.07, 6.45) is 0.632. The number of hydrogen-bond donors (Lipinski definition) is 1. The molecule has 2 nitrogen and oxygen atoms in total. The normalized spacial score (nSPS) is 24.9. The molecule has 3 heteroatoms. The Morgan fingerprint density at radius 3 is 2.80 bits per heavy atom. The summed E-state index contributed by atoms with van der Waals surface area (Å²) < 4.78 is 19.5. The largest absolute Gasteiger partial charge is 0.482 e. The topological polar surface area (TPSA) is 35.2 Å². The minimum atomic E-state index is -0.476. The highest BCUT2D eigenvalue weighted by Crippen LogP contribution is 2.43. The zero-order chi connectivity index (χ0) is 14.3. The smallest absolute Gasteiger partial charge is 0.133 e. The van der Waals surface area contributed by atoms with E-state index in [4.69, 9.17) is 10.5 Å². The summed E-state index contributed by atoms with van der Waals surface area (Å²) in [5.41, 5.74) is 8.77. The fourth-order valence-electron chi connectivity index (χ4n) is 2.87. The van der Waals surface area contributed by atoms with Crippen molar-refractivity contribution in [1.82, 2.24) is 0 Å². The molecule has 0 aromatic heterocycles. The van der Waals surface area contributed by atoms with Crippen LogP contribution in [-0.2, 0) is 5.60 Å². The Kier molecular flexibility index (Phi) is 3.02. The molecule has 3 rings (SSSR count). The molecule has 0 radical (unpaired) electrons. The van der Waals surface area contributed by atoms with Crippen molar-refractivity contribution in [2.75, 3.05) is 0 Å². The number of aryl methyl sites for hydroxylation is 1. The molecule has 2 atom stereocenters. The summed E-state index contributed by atoms with van der Waals surface area (Å²) >= 11 is 0. The summed E-state index contributed by atoms with van der Waals surface area (Å²) in [7, 11) is 0. The maximum absolute atomic E-state index is 13.3. The van der Waals surface area contributed by atoms with Gasteiger partial charge in [-0.05, 0) is 37.6 Å². The van der Waals surface area contributed by atoms with Gasteiger partial charge in [0.25, 0.3) is 0 Å². The van der Waals surface area contributed by atoms with Gasteiger partial charge in [0.05, 0.1) is 0 Å². The van der Waals surface area contributed by atoms with Crippen LogP contribution >= 0.6 is 0 Å². The first kappa shape index (κ1) is 13.1. The van der Waals surface area contributed by atoms with Crippen LogP contribution < -0.4 is 10.5 Å². The molecule has 2 aromatic carbocycles. The summed E-state index contributed by atoms with van der Waals surface area (Å²) in [6.45, 7) is 4.09. The third-order valence-corrected chi connectivity index (χ3v) is 3.94. The number of halogens is 1. The van der Waals surface area contributed by atoms with E-state index in [0.29, 0.717) is 12.2 Å². The molecule has 1 heterocycles. The highest BCUT2D eigenvalue weighted by atomic mass is 19.1. The minimum absolute atomic E-state index is 0.222. The monoisotopic (exact) mass is 271 g/mol. The van der Waals surface area contributed by atoms with Gasteiger partial charge in [0.2, 0.25) is 0 Å². The van der Waals surface area contributed by atoms with Crippen molar-refractivity contribution in [3.05, 3.63) is 65.0 Å². The van der Waals surface area contributed by atoms with E-state index in [-0.39, 0.29) is 11.9 Å². The summed E-state index contributed by atoms with van der Waals surface area (Å²) in [5.74, 6) is 0.399. The van der Waals surface area contributed by atoms with Gasteiger partial charge in [-0.25, -0.2) is 4.39 Å². The van der Waals surface area contributed by atoms with Crippen LogP contribution in [0.15, 0.2) is 42.5 Å². The molecule has 0 fully saturated rings. The Balaban J connectivity index is 2.04. The zero-order valence-corrected chi connectivity index (χ0v) is 11.7. The van der Waals surface area contributed by atoms with Gasteiger partial charge in [-0.15, -0.1) is 0 Å². The van der Waals surface area contributed by atoms with E-state index in [9.17, 15) is 4.39 Å². The van der Waals surface area contributed by atoms with Gasteiger partial charge in [0, 0.05) is 18.0 Å². The zero-order valence-electron chi connectivity index (χ0n) is 11.7. The highest BCUT2D eigenvalue weighted by Gasteiger charge is 2.37. The number of benzene rings is 2. The molecule has 2 N–H and O–H groups in total. The van der Waals surface area contributed by atoms with Crippen molar-refractivity contribution in [3.63, 3.8) is 0 Å². The number of fused-ring (bicyclic) bond motifs is 1. The van der Waals surface area contributed by atoms with Crippen LogP contribution in [0.25, 0.3) is 0 Å². The van der Waals surface area contributed by atoms with Crippen molar-refractivity contribution >= 4 is 0 Å². The molecule has 2 aromatic rings. The lowest BCUT2D eigenvalue weighted by molar-refractivity contribution is 0.0508. The van der Waals surface area contributed by atoms with Crippen molar-refractivity contribution < 1.29 is 9.13 Å². The Morgan fingerprint density at radius 2 is 2.05 bits per heavy atom. The number of ether oxygens (including phenoxy) is 1. The first-order chi connectivity index (χ1) is 9.48. The number of hydrogen-bond acceptors (Lipinski definition) is 2. The highest BCUT2D eigenvalue weighted by molar-refractivity contribution is 5.41. The van der Waals surface area contributed by atoms with E-state index in [1.807, 2.05) is 19.1 Å². The molecular weight excluding hydrogens is 253 g/mol. The lowest BCUT2D eigenvalue weighted by Gasteiger charge is -2.39. The van der Waals surface area contributed by atoms with Crippen LogP contribution in [0, 0.1) is 12.7 Å². The van der Waals surface area contributed by atoms with E-state index >= 15 is 0 Å². The first-order valence-corrected chi connectivity index (χ1v) is 6.79. The number of nitrogens with two attached hydrogens (primary N) is 1. The molecule has 2 unspecified atom stereocenters. The van der Waals surface area contributed by atoms with Crippen molar-refractivity contribution in [2.24, 2.45) is 5.73 Å². The molecular formula is C17H18FNO. The minimum Gasteiger partial charge on any atom is -0.482 e. The van der Waals surface area contributed by atoms with Gasteiger partial charge in [-0.3, -0.25) is 0 Å². The summed E-state index contributed by atoms with van der Waals surface area (Å²) in [4.78, 5) is 0. The Morgan fingerprint density at radius 1 is 1.25 bits per heavy atom. The van der Waals surface area contributed by atoms with E-state index in [1.54, 1.807) is 6.07 Å². The third kappa shape index (κ3) is 2.18. The maximum atomic E-state index is 13.3. The van der Waals surface area contributed by atoms with Gasteiger partial charge >= 0.3 is 0 Å². The Hall–Kier alpha value is -1.87. The summed E-state index contributed by atoms with van der Waals surface area (Å²) in [5, 5.41) is 0. The molecule has 1 aliphatic heterocycles. The fourth-order valence-corrected chi connectivity index (χ4v) is 2.87. The Bertz CT molecular complexity index is 655. The van der Waals surface area contributed by atoms with Gasteiger partial charge in [-0.2, -0.15) is 0 Å². The van der Waals surface area contributed by atoms with Crippen molar-refractivity contribution in [1.29, 1.82) is 0 Å². The van der Waals surface area contributed by atoms with Crippen LogP contribution in [0.5, 0.6) is 5.75 Å². The molecule has 104 valence electrons. The molecule has 0 spiro atoms. The molecule has 0 bridgehead atoms. The van der Waals surface area contributed by atoms with E-state index in [0.717, 1.165) is 11.1 Å². The van der Waals surface area contributed by atoms with Crippen molar-refractivity contribution in [2.45, 2.75) is 31.9 Å². The van der Waals surface area contributed by atoms with Crippen LogP contribution in [0.2, 0.25) is 0 Å².